The highest BCUT2D eigenvalue weighted by Gasteiger charge is 2.15. The fourth-order valence-electron chi connectivity index (χ4n) is 1.32. The summed E-state index contributed by atoms with van der Waals surface area (Å²) >= 11 is 9.05. The normalized spacial score (nSPS) is 10.6. The van der Waals surface area contributed by atoms with Gasteiger partial charge in [0.15, 0.2) is 0 Å². The highest BCUT2D eigenvalue weighted by molar-refractivity contribution is 9.08. The topological polar surface area (TPSA) is 35.5 Å². The Morgan fingerprint density at radius 2 is 2.11 bits per heavy atom. The van der Waals surface area contributed by atoms with E-state index in [9.17, 15) is 13.6 Å². The number of halogens is 4. The van der Waals surface area contributed by atoms with Crippen LogP contribution < -0.4 is 4.74 Å². The summed E-state index contributed by atoms with van der Waals surface area (Å²) < 4.78 is 33.2. The van der Waals surface area contributed by atoms with E-state index in [1.807, 2.05) is 0 Å². The first-order valence-corrected chi connectivity index (χ1v) is 6.36. The fraction of sp³-hybridized carbons (Fsp3) is 0.364. The van der Waals surface area contributed by atoms with Crippen molar-refractivity contribution < 1.29 is 23.0 Å². The summed E-state index contributed by atoms with van der Waals surface area (Å²) in [5.41, 5.74) is 0.984. The van der Waals surface area contributed by atoms with Crippen molar-refractivity contribution in [1.82, 2.24) is 0 Å². The Balaban J connectivity index is 3.05. The number of rotatable bonds is 5. The number of hydrogen-bond donors (Lipinski definition) is 0. The molecule has 0 aliphatic carbocycles. The van der Waals surface area contributed by atoms with Crippen molar-refractivity contribution >= 4 is 33.5 Å². The first-order valence-electron chi connectivity index (χ1n) is 4.86. The second-order valence-corrected chi connectivity index (χ2v) is 4.28. The van der Waals surface area contributed by atoms with Gasteiger partial charge in [0.05, 0.1) is 13.5 Å². The summed E-state index contributed by atoms with van der Waals surface area (Å²) in [4.78, 5) is 11.2. The Morgan fingerprint density at radius 3 is 2.61 bits per heavy atom. The molecule has 0 heterocycles. The predicted molar refractivity (Wildman–Crippen MR) is 66.4 cm³/mol. The molecule has 18 heavy (non-hydrogen) atoms. The molecule has 0 fully saturated rings. The van der Waals surface area contributed by atoms with E-state index in [0.29, 0.717) is 16.5 Å². The van der Waals surface area contributed by atoms with Crippen LogP contribution in [0, 0.1) is 0 Å². The molecule has 0 N–H and O–H groups in total. The first kappa shape index (κ1) is 15.2. The molecular formula is C11H10BrClF2O3. The molecule has 0 spiro atoms. The number of esters is 1. The maximum Gasteiger partial charge on any atom is 0.387 e. The van der Waals surface area contributed by atoms with Gasteiger partial charge < -0.3 is 9.47 Å². The number of alkyl halides is 3. The molecule has 1 rings (SSSR count). The van der Waals surface area contributed by atoms with Crippen LogP contribution in [0.25, 0.3) is 0 Å². The molecule has 0 aliphatic rings. The van der Waals surface area contributed by atoms with Crippen molar-refractivity contribution in [3.63, 3.8) is 0 Å². The zero-order chi connectivity index (χ0) is 13.7. The molecule has 0 aliphatic heterocycles. The smallest absolute Gasteiger partial charge is 0.387 e. The van der Waals surface area contributed by atoms with Crippen LogP contribution in [0.15, 0.2) is 12.1 Å². The van der Waals surface area contributed by atoms with Crippen molar-refractivity contribution in [2.75, 3.05) is 7.11 Å². The van der Waals surface area contributed by atoms with Crippen LogP contribution >= 0.6 is 27.5 Å². The number of carbonyl (C=O) groups is 1. The third-order valence-corrected chi connectivity index (χ3v) is 3.11. The van der Waals surface area contributed by atoms with Crippen molar-refractivity contribution in [3.05, 3.63) is 28.3 Å². The van der Waals surface area contributed by atoms with Gasteiger partial charge in [0, 0.05) is 15.9 Å². The Labute approximate surface area is 116 Å². The summed E-state index contributed by atoms with van der Waals surface area (Å²) in [7, 11) is 1.26. The molecule has 100 valence electrons. The van der Waals surface area contributed by atoms with Gasteiger partial charge in [-0.1, -0.05) is 27.5 Å². The zero-order valence-electron chi connectivity index (χ0n) is 9.38. The van der Waals surface area contributed by atoms with Crippen LogP contribution in [0.5, 0.6) is 5.75 Å². The summed E-state index contributed by atoms with van der Waals surface area (Å²) in [6.45, 7) is -2.93. The standard InChI is InChI=1S/C11H10BrClF2O3/c1-17-10(16)3-6-2-7(5-12)9(4-8(6)13)18-11(14)15/h2,4,11H,3,5H2,1H3. The first-order chi connectivity index (χ1) is 8.47. The van der Waals surface area contributed by atoms with E-state index >= 15 is 0 Å². The average molecular weight is 344 g/mol. The zero-order valence-corrected chi connectivity index (χ0v) is 11.7. The molecule has 0 amide bonds. The Kier molecular flexibility index (Phi) is 5.81. The van der Waals surface area contributed by atoms with Gasteiger partial charge in [0.2, 0.25) is 0 Å². The quantitative estimate of drug-likeness (QED) is 0.606. The van der Waals surface area contributed by atoms with Gasteiger partial charge in [0.1, 0.15) is 5.75 Å². The maximum absolute atomic E-state index is 12.2. The van der Waals surface area contributed by atoms with E-state index in [-0.39, 0.29) is 17.2 Å². The molecule has 0 aromatic heterocycles. The molecule has 0 bridgehead atoms. The van der Waals surface area contributed by atoms with Crippen molar-refractivity contribution in [2.45, 2.75) is 18.4 Å². The molecule has 0 saturated heterocycles. The molecule has 0 atom stereocenters. The lowest BCUT2D eigenvalue weighted by atomic mass is 10.1. The van der Waals surface area contributed by atoms with Gasteiger partial charge in [-0.05, 0) is 17.7 Å². The highest BCUT2D eigenvalue weighted by Crippen LogP contribution is 2.30. The Bertz CT molecular complexity index is 441. The largest absolute Gasteiger partial charge is 0.469 e. The maximum atomic E-state index is 12.2. The van der Waals surface area contributed by atoms with Crippen LogP contribution in [0.2, 0.25) is 5.02 Å². The van der Waals surface area contributed by atoms with Gasteiger partial charge in [0.25, 0.3) is 0 Å². The lowest BCUT2D eigenvalue weighted by Gasteiger charge is -2.12. The van der Waals surface area contributed by atoms with Crippen molar-refractivity contribution in [1.29, 1.82) is 0 Å². The van der Waals surface area contributed by atoms with Crippen LogP contribution in [-0.4, -0.2) is 19.7 Å². The molecular weight excluding hydrogens is 333 g/mol. The molecule has 1 aromatic carbocycles. The van der Waals surface area contributed by atoms with Crippen molar-refractivity contribution in [3.8, 4) is 5.75 Å². The van der Waals surface area contributed by atoms with E-state index < -0.39 is 12.6 Å². The molecule has 1 aromatic rings. The number of hydrogen-bond acceptors (Lipinski definition) is 3. The Hall–Kier alpha value is -0.880. The molecule has 0 radical (unpaired) electrons. The highest BCUT2D eigenvalue weighted by atomic mass is 79.9. The van der Waals surface area contributed by atoms with Gasteiger partial charge in [-0.2, -0.15) is 8.78 Å². The average Bonchev–Trinajstić information content (AvgIpc) is 2.31. The third kappa shape index (κ3) is 4.10. The lowest BCUT2D eigenvalue weighted by molar-refractivity contribution is -0.139. The lowest BCUT2D eigenvalue weighted by Crippen LogP contribution is -2.08. The third-order valence-electron chi connectivity index (χ3n) is 2.15. The SMILES string of the molecule is COC(=O)Cc1cc(CBr)c(OC(F)F)cc1Cl. The van der Waals surface area contributed by atoms with Gasteiger partial charge in [-0.15, -0.1) is 0 Å². The van der Waals surface area contributed by atoms with E-state index in [2.05, 4.69) is 25.4 Å². The number of ether oxygens (including phenoxy) is 2. The summed E-state index contributed by atoms with van der Waals surface area (Å²) in [6, 6.07) is 2.80. The van der Waals surface area contributed by atoms with Crippen LogP contribution in [-0.2, 0) is 21.3 Å². The number of carbonyl (C=O) groups excluding carboxylic acids is 1. The van der Waals surface area contributed by atoms with E-state index in [1.165, 1.54) is 19.2 Å². The Morgan fingerprint density at radius 1 is 1.44 bits per heavy atom. The second-order valence-electron chi connectivity index (χ2n) is 3.32. The monoisotopic (exact) mass is 342 g/mol. The minimum Gasteiger partial charge on any atom is -0.469 e. The summed E-state index contributed by atoms with van der Waals surface area (Å²) in [5, 5.41) is 0.487. The van der Waals surface area contributed by atoms with Crippen LogP contribution in [0.3, 0.4) is 0 Å². The molecule has 3 nitrogen and oxygen atoms in total. The van der Waals surface area contributed by atoms with Gasteiger partial charge in [-0.3, -0.25) is 4.79 Å². The summed E-state index contributed by atoms with van der Waals surface area (Å²) in [6.07, 6.45) is -0.0235. The second kappa shape index (κ2) is 6.89. The fourth-order valence-corrected chi connectivity index (χ4v) is 1.98. The van der Waals surface area contributed by atoms with Crippen LogP contribution in [0.4, 0.5) is 8.78 Å². The number of benzene rings is 1. The minimum absolute atomic E-state index is 0.0134. The molecule has 0 saturated carbocycles. The minimum atomic E-state index is -2.93. The molecule has 7 heteroatoms. The van der Waals surface area contributed by atoms with Crippen LogP contribution in [0.1, 0.15) is 11.1 Å². The number of methoxy groups -OCH3 is 1. The van der Waals surface area contributed by atoms with E-state index in [4.69, 9.17) is 11.6 Å². The molecule has 0 unspecified atom stereocenters. The summed E-state index contributed by atoms with van der Waals surface area (Å²) in [5.74, 6) is -0.472. The van der Waals surface area contributed by atoms with E-state index in [0.717, 1.165) is 0 Å². The van der Waals surface area contributed by atoms with Crippen molar-refractivity contribution in [2.24, 2.45) is 0 Å². The predicted octanol–water partition coefficient (Wildman–Crippen LogP) is 3.55. The van der Waals surface area contributed by atoms with Gasteiger partial charge in [-0.25, -0.2) is 0 Å². The van der Waals surface area contributed by atoms with E-state index in [1.54, 1.807) is 0 Å². The van der Waals surface area contributed by atoms with Gasteiger partial charge >= 0.3 is 12.6 Å².